The van der Waals surface area contributed by atoms with Crippen molar-refractivity contribution in [2.24, 2.45) is 7.05 Å². The van der Waals surface area contributed by atoms with E-state index in [1.807, 2.05) is 25.2 Å². The molecule has 0 aliphatic heterocycles. The second-order valence-corrected chi connectivity index (χ2v) is 5.32. The number of rotatable bonds is 3. The van der Waals surface area contributed by atoms with E-state index in [0.29, 0.717) is 17.1 Å². The van der Waals surface area contributed by atoms with Crippen LogP contribution in [0.25, 0.3) is 28.1 Å². The van der Waals surface area contributed by atoms with Gasteiger partial charge in [-0.05, 0) is 30.3 Å². The number of benzene rings is 2. The molecule has 0 fully saturated rings. The highest BCUT2D eigenvalue weighted by Crippen LogP contribution is 2.33. The zero-order valence-electron chi connectivity index (χ0n) is 13.1. The van der Waals surface area contributed by atoms with Crippen molar-refractivity contribution >= 4 is 11.0 Å². The Labute approximate surface area is 137 Å². The quantitative estimate of drug-likeness (QED) is 0.581. The van der Waals surface area contributed by atoms with Crippen molar-refractivity contribution in [2.45, 2.75) is 0 Å². The predicted octanol–water partition coefficient (Wildman–Crippen LogP) is 2.97. The van der Waals surface area contributed by atoms with Crippen molar-refractivity contribution in [3.8, 4) is 22.8 Å². The molecule has 0 amide bonds. The van der Waals surface area contributed by atoms with Crippen molar-refractivity contribution in [3.63, 3.8) is 0 Å². The number of hydrogen-bond donors (Lipinski definition) is 0. The molecule has 0 aliphatic rings. The van der Waals surface area contributed by atoms with Crippen LogP contribution in [0, 0.1) is 5.82 Å². The van der Waals surface area contributed by atoms with Crippen LogP contribution in [0.15, 0.2) is 48.8 Å². The van der Waals surface area contributed by atoms with Crippen LogP contribution in [-0.2, 0) is 7.05 Å². The zero-order valence-corrected chi connectivity index (χ0v) is 13.1. The van der Waals surface area contributed by atoms with E-state index in [1.165, 1.54) is 13.2 Å². The predicted molar refractivity (Wildman–Crippen MR) is 87.6 cm³/mol. The average molecular weight is 323 g/mol. The Balaban J connectivity index is 1.91. The molecule has 4 aromatic rings. The lowest BCUT2D eigenvalue weighted by Gasteiger charge is -2.12. The number of aromatic nitrogens is 5. The van der Waals surface area contributed by atoms with Crippen molar-refractivity contribution < 1.29 is 9.13 Å². The van der Waals surface area contributed by atoms with Gasteiger partial charge in [0.15, 0.2) is 5.82 Å². The van der Waals surface area contributed by atoms with Crippen molar-refractivity contribution in [1.29, 1.82) is 0 Å². The summed E-state index contributed by atoms with van der Waals surface area (Å²) in [5, 5.41) is 8.12. The summed E-state index contributed by atoms with van der Waals surface area (Å²) in [6.45, 7) is 0. The fourth-order valence-electron chi connectivity index (χ4n) is 2.77. The van der Waals surface area contributed by atoms with Gasteiger partial charge in [-0.25, -0.2) is 14.1 Å². The van der Waals surface area contributed by atoms with Crippen LogP contribution >= 0.6 is 0 Å². The molecule has 4 rings (SSSR count). The second kappa shape index (κ2) is 5.45. The summed E-state index contributed by atoms with van der Waals surface area (Å²) in [6.07, 6.45) is 3.40. The lowest BCUT2D eigenvalue weighted by atomic mass is 10.1. The van der Waals surface area contributed by atoms with Gasteiger partial charge in [0.05, 0.1) is 18.2 Å². The molecule has 0 radical (unpaired) electrons. The molecule has 0 N–H and O–H groups in total. The molecule has 0 spiro atoms. The van der Waals surface area contributed by atoms with Gasteiger partial charge in [0.25, 0.3) is 0 Å². The standard InChI is InChI=1S/C17H14FN5O/c1-22-14-7-6-11(10-13(14)20-21-22)23-9-8-19-17(23)16-12(18)4-3-5-15(16)24-2/h3-10H,1-2H3. The first kappa shape index (κ1) is 14.4. The van der Waals surface area contributed by atoms with E-state index in [-0.39, 0.29) is 5.82 Å². The van der Waals surface area contributed by atoms with Gasteiger partial charge in [-0.15, -0.1) is 5.10 Å². The van der Waals surface area contributed by atoms with Gasteiger partial charge in [0.2, 0.25) is 0 Å². The molecule has 6 nitrogen and oxygen atoms in total. The molecule has 0 saturated carbocycles. The van der Waals surface area contributed by atoms with Gasteiger partial charge in [0, 0.05) is 25.1 Å². The molecule has 0 bridgehead atoms. The van der Waals surface area contributed by atoms with E-state index in [2.05, 4.69) is 15.3 Å². The van der Waals surface area contributed by atoms with Crippen LogP contribution in [0.5, 0.6) is 5.75 Å². The van der Waals surface area contributed by atoms with E-state index in [9.17, 15) is 4.39 Å². The molecule has 2 heterocycles. The van der Waals surface area contributed by atoms with Gasteiger partial charge >= 0.3 is 0 Å². The lowest BCUT2D eigenvalue weighted by Crippen LogP contribution is -2.00. The zero-order chi connectivity index (χ0) is 16.7. The van der Waals surface area contributed by atoms with Crippen LogP contribution in [0.3, 0.4) is 0 Å². The van der Waals surface area contributed by atoms with E-state index < -0.39 is 0 Å². The summed E-state index contributed by atoms with van der Waals surface area (Å²) in [5.41, 5.74) is 2.82. The first-order valence-corrected chi connectivity index (χ1v) is 7.35. The normalized spacial score (nSPS) is 11.1. The molecular formula is C17H14FN5O. The molecular weight excluding hydrogens is 309 g/mol. The van der Waals surface area contributed by atoms with Crippen LogP contribution < -0.4 is 4.74 Å². The molecule has 0 saturated heterocycles. The minimum absolute atomic E-state index is 0.323. The fourth-order valence-corrected chi connectivity index (χ4v) is 2.77. The summed E-state index contributed by atoms with van der Waals surface area (Å²) >= 11 is 0. The number of hydrogen-bond acceptors (Lipinski definition) is 4. The monoisotopic (exact) mass is 323 g/mol. The average Bonchev–Trinajstić information content (AvgIpc) is 3.21. The Morgan fingerprint density at radius 2 is 2.04 bits per heavy atom. The molecule has 24 heavy (non-hydrogen) atoms. The van der Waals surface area contributed by atoms with Gasteiger partial charge in [-0.1, -0.05) is 11.3 Å². The van der Waals surface area contributed by atoms with Crippen molar-refractivity contribution in [2.75, 3.05) is 7.11 Å². The maximum atomic E-state index is 14.4. The largest absolute Gasteiger partial charge is 0.496 e. The third-order valence-electron chi connectivity index (χ3n) is 3.93. The second-order valence-electron chi connectivity index (χ2n) is 5.32. The number of nitrogens with zero attached hydrogens (tertiary/aromatic N) is 5. The molecule has 0 atom stereocenters. The Morgan fingerprint density at radius 3 is 2.88 bits per heavy atom. The SMILES string of the molecule is COc1cccc(F)c1-c1nccn1-c1ccc2c(c1)nnn2C. The molecule has 7 heteroatoms. The van der Waals surface area contributed by atoms with Crippen LogP contribution in [0.1, 0.15) is 0 Å². The molecule has 2 aromatic heterocycles. The highest BCUT2D eigenvalue weighted by molar-refractivity contribution is 5.77. The topological polar surface area (TPSA) is 57.8 Å². The van der Waals surface area contributed by atoms with E-state index in [4.69, 9.17) is 4.74 Å². The first-order valence-electron chi connectivity index (χ1n) is 7.35. The minimum atomic E-state index is -0.387. The highest BCUT2D eigenvalue weighted by Gasteiger charge is 2.17. The lowest BCUT2D eigenvalue weighted by molar-refractivity contribution is 0.413. The number of halogens is 1. The molecule has 0 aliphatic carbocycles. The third kappa shape index (κ3) is 2.13. The van der Waals surface area contributed by atoms with Crippen molar-refractivity contribution in [1.82, 2.24) is 24.5 Å². The highest BCUT2D eigenvalue weighted by atomic mass is 19.1. The number of fused-ring (bicyclic) bond motifs is 1. The number of methoxy groups -OCH3 is 1. The maximum Gasteiger partial charge on any atom is 0.151 e. The van der Waals surface area contributed by atoms with Gasteiger partial charge < -0.3 is 4.74 Å². The van der Waals surface area contributed by atoms with Crippen LogP contribution in [0.4, 0.5) is 4.39 Å². The van der Waals surface area contributed by atoms with Gasteiger partial charge in [-0.3, -0.25) is 4.57 Å². The van der Waals surface area contributed by atoms with Crippen molar-refractivity contribution in [3.05, 3.63) is 54.6 Å². The molecule has 2 aromatic carbocycles. The number of imidazole rings is 1. The summed E-state index contributed by atoms with van der Waals surface area (Å²) in [7, 11) is 3.35. The minimum Gasteiger partial charge on any atom is -0.496 e. The van der Waals surface area contributed by atoms with Crippen LogP contribution in [-0.4, -0.2) is 31.7 Å². The Morgan fingerprint density at radius 1 is 1.17 bits per heavy atom. The summed E-state index contributed by atoms with van der Waals surface area (Å²) < 4.78 is 23.2. The number of aryl methyl sites for hydroxylation is 1. The number of ether oxygens (including phenoxy) is 1. The molecule has 0 unspecified atom stereocenters. The van der Waals surface area contributed by atoms with E-state index >= 15 is 0 Å². The fraction of sp³-hybridized carbons (Fsp3) is 0.118. The van der Waals surface area contributed by atoms with Gasteiger partial charge in [-0.2, -0.15) is 0 Å². The van der Waals surface area contributed by atoms with Crippen LogP contribution in [0.2, 0.25) is 0 Å². The third-order valence-corrected chi connectivity index (χ3v) is 3.93. The summed E-state index contributed by atoms with van der Waals surface area (Å²) in [5.74, 6) is 0.513. The summed E-state index contributed by atoms with van der Waals surface area (Å²) in [4.78, 5) is 4.32. The van der Waals surface area contributed by atoms with E-state index in [0.717, 1.165) is 16.7 Å². The Bertz CT molecular complexity index is 1040. The van der Waals surface area contributed by atoms with E-state index in [1.54, 1.807) is 33.8 Å². The van der Waals surface area contributed by atoms with Gasteiger partial charge in [0.1, 0.15) is 17.1 Å². The smallest absolute Gasteiger partial charge is 0.151 e. The Hall–Kier alpha value is -3.22. The summed E-state index contributed by atoms with van der Waals surface area (Å²) in [6, 6.07) is 10.4. The Kier molecular flexibility index (Phi) is 3.26. The first-order chi connectivity index (χ1) is 11.7. The molecule has 120 valence electrons. The maximum absolute atomic E-state index is 14.4.